The third kappa shape index (κ3) is 8.57. The number of sulfonamides is 1. The fraction of sp³-hybridized carbons (Fsp3) is 0.346. The summed E-state index contributed by atoms with van der Waals surface area (Å²) in [7, 11) is 0.600. The molecule has 0 aliphatic carbocycles. The van der Waals surface area contributed by atoms with Crippen LogP contribution in [0.4, 0.5) is 5.69 Å². The largest absolute Gasteiger partial charge is 0.495 e. The van der Waals surface area contributed by atoms with Gasteiger partial charge < -0.3 is 24.3 Å². The Bertz CT molecular complexity index is 1350. The number of carbonyl (C=O) groups is 2. The van der Waals surface area contributed by atoms with E-state index >= 15 is 0 Å². The molecule has 2 aromatic carbocycles. The molecule has 0 saturated heterocycles. The number of benzene rings is 2. The average molecular weight is 578 g/mol. The number of carbonyl (C=O) groups excluding carboxylic acids is 2. The number of ether oxygens (including phenoxy) is 4. The lowest BCUT2D eigenvalue weighted by atomic mass is 10.2. The number of nitrogens with zero attached hydrogens (tertiary/aromatic N) is 2. The molecule has 0 bridgehead atoms. The van der Waals surface area contributed by atoms with Crippen molar-refractivity contribution in [2.24, 2.45) is 0 Å². The first-order chi connectivity index (χ1) is 18.8. The van der Waals surface area contributed by atoms with E-state index in [9.17, 15) is 18.0 Å². The molecule has 1 amide bonds. The van der Waals surface area contributed by atoms with Gasteiger partial charge in [-0.2, -0.15) is 4.31 Å². The normalized spacial score (nSPS) is 11.4. The number of hydrogen-bond acceptors (Lipinski definition) is 10. The van der Waals surface area contributed by atoms with E-state index in [1.807, 2.05) is 0 Å². The molecule has 39 heavy (non-hydrogen) atoms. The fourth-order valence-electron chi connectivity index (χ4n) is 3.47. The molecule has 0 radical (unpaired) electrons. The quantitative estimate of drug-likeness (QED) is 0.271. The topological polar surface area (TPSA) is 133 Å². The van der Waals surface area contributed by atoms with Gasteiger partial charge in [-0.1, -0.05) is 18.2 Å². The summed E-state index contributed by atoms with van der Waals surface area (Å²) in [5, 5.41) is 5.04. The van der Waals surface area contributed by atoms with Crippen LogP contribution in [0.3, 0.4) is 0 Å². The van der Waals surface area contributed by atoms with Crippen molar-refractivity contribution in [2.75, 3.05) is 52.9 Å². The maximum atomic E-state index is 13.2. The van der Waals surface area contributed by atoms with Gasteiger partial charge in [0.2, 0.25) is 15.9 Å². The number of thiazole rings is 1. The van der Waals surface area contributed by atoms with Crippen LogP contribution in [0.5, 0.6) is 5.75 Å². The van der Waals surface area contributed by atoms with Crippen molar-refractivity contribution in [3.63, 3.8) is 0 Å². The maximum Gasteiger partial charge on any atom is 0.338 e. The maximum absolute atomic E-state index is 13.2. The van der Waals surface area contributed by atoms with Crippen molar-refractivity contribution >= 4 is 38.9 Å². The zero-order valence-corrected chi connectivity index (χ0v) is 23.5. The summed E-state index contributed by atoms with van der Waals surface area (Å²) < 4.78 is 48.2. The Balaban J connectivity index is 1.60. The van der Waals surface area contributed by atoms with Gasteiger partial charge in [0.25, 0.3) is 0 Å². The van der Waals surface area contributed by atoms with Crippen LogP contribution in [0.15, 0.2) is 58.8 Å². The van der Waals surface area contributed by atoms with E-state index < -0.39 is 16.0 Å². The molecule has 0 saturated carbocycles. The summed E-state index contributed by atoms with van der Waals surface area (Å²) in [6.45, 7) is 0.568. The van der Waals surface area contributed by atoms with Gasteiger partial charge in [0.1, 0.15) is 17.4 Å². The van der Waals surface area contributed by atoms with Crippen LogP contribution in [0.1, 0.15) is 21.1 Å². The molecule has 3 rings (SSSR count). The molecule has 0 aliphatic heterocycles. The Labute approximate surface area is 231 Å². The SMILES string of the molecule is COCCN(CCOC)S(=O)(=O)c1cccc(C(=O)OCc2csc(CC(=O)Nc3ccccc3OC)n2)c1. The third-order valence-electron chi connectivity index (χ3n) is 5.44. The van der Waals surface area contributed by atoms with Gasteiger partial charge in [-0.15, -0.1) is 11.3 Å². The first-order valence-electron chi connectivity index (χ1n) is 11.9. The second-order valence-corrected chi connectivity index (χ2v) is 11.0. The van der Waals surface area contributed by atoms with Crippen LogP contribution < -0.4 is 10.1 Å². The van der Waals surface area contributed by atoms with Crippen LogP contribution in [-0.4, -0.2) is 77.2 Å². The molecule has 0 unspecified atom stereocenters. The molecule has 1 aromatic heterocycles. The van der Waals surface area contributed by atoms with Crippen LogP contribution in [0, 0.1) is 0 Å². The summed E-state index contributed by atoms with van der Waals surface area (Å²) in [4.78, 5) is 29.4. The zero-order chi connectivity index (χ0) is 28.3. The molecule has 210 valence electrons. The highest BCUT2D eigenvalue weighted by molar-refractivity contribution is 7.89. The van der Waals surface area contributed by atoms with Gasteiger partial charge in [0.05, 0.1) is 48.6 Å². The first-order valence-corrected chi connectivity index (χ1v) is 14.2. The highest BCUT2D eigenvalue weighted by Crippen LogP contribution is 2.23. The van der Waals surface area contributed by atoms with Crippen LogP contribution in [-0.2, 0) is 42.1 Å². The third-order valence-corrected chi connectivity index (χ3v) is 8.23. The smallest absolute Gasteiger partial charge is 0.338 e. The number of para-hydroxylation sites is 2. The Morgan fingerprint density at radius 2 is 1.72 bits per heavy atom. The molecule has 0 aliphatic rings. The van der Waals surface area contributed by atoms with Crippen LogP contribution in [0.2, 0.25) is 0 Å². The lowest BCUT2D eigenvalue weighted by Crippen LogP contribution is -2.36. The molecular formula is C26H31N3O8S2. The second kappa shape index (κ2) is 14.7. The number of hydrogen-bond donors (Lipinski definition) is 1. The Morgan fingerprint density at radius 1 is 1.00 bits per heavy atom. The van der Waals surface area contributed by atoms with Crippen molar-refractivity contribution in [1.29, 1.82) is 0 Å². The number of anilines is 1. The lowest BCUT2D eigenvalue weighted by molar-refractivity contribution is -0.115. The van der Waals surface area contributed by atoms with E-state index in [-0.39, 0.29) is 55.7 Å². The minimum atomic E-state index is -3.89. The summed E-state index contributed by atoms with van der Waals surface area (Å²) >= 11 is 1.27. The summed E-state index contributed by atoms with van der Waals surface area (Å²) in [6.07, 6.45) is 0.0409. The highest BCUT2D eigenvalue weighted by atomic mass is 32.2. The number of rotatable bonds is 15. The van der Waals surface area contributed by atoms with Gasteiger partial charge in [-0.05, 0) is 30.3 Å². The molecule has 1 heterocycles. The number of aromatic nitrogens is 1. The van der Waals surface area contributed by atoms with E-state index in [1.165, 1.54) is 61.2 Å². The van der Waals surface area contributed by atoms with Gasteiger partial charge in [0.15, 0.2) is 0 Å². The number of esters is 1. The van der Waals surface area contributed by atoms with Crippen molar-refractivity contribution in [1.82, 2.24) is 9.29 Å². The Morgan fingerprint density at radius 3 is 2.41 bits per heavy atom. The molecule has 0 fully saturated rings. The zero-order valence-electron chi connectivity index (χ0n) is 21.9. The van der Waals surface area contributed by atoms with E-state index in [0.29, 0.717) is 22.1 Å². The molecule has 1 N–H and O–H groups in total. The van der Waals surface area contributed by atoms with E-state index in [4.69, 9.17) is 18.9 Å². The molecular weight excluding hydrogens is 546 g/mol. The average Bonchev–Trinajstić information content (AvgIpc) is 3.38. The van der Waals surface area contributed by atoms with E-state index in [1.54, 1.807) is 29.6 Å². The summed E-state index contributed by atoms with van der Waals surface area (Å²) in [5.41, 5.74) is 1.11. The van der Waals surface area contributed by atoms with Gasteiger partial charge in [0, 0.05) is 32.7 Å². The summed E-state index contributed by atoms with van der Waals surface area (Å²) in [6, 6.07) is 12.7. The van der Waals surface area contributed by atoms with Crippen molar-refractivity contribution in [3.05, 3.63) is 70.2 Å². The van der Waals surface area contributed by atoms with Crippen LogP contribution in [0.25, 0.3) is 0 Å². The number of methoxy groups -OCH3 is 3. The first kappa shape index (κ1) is 30.2. The highest BCUT2D eigenvalue weighted by Gasteiger charge is 2.25. The van der Waals surface area contributed by atoms with Gasteiger partial charge in [-0.25, -0.2) is 18.2 Å². The minimum Gasteiger partial charge on any atom is -0.495 e. The predicted molar refractivity (Wildman–Crippen MR) is 146 cm³/mol. The van der Waals surface area contributed by atoms with E-state index in [2.05, 4.69) is 10.3 Å². The van der Waals surface area contributed by atoms with Crippen LogP contribution >= 0.6 is 11.3 Å². The molecule has 13 heteroatoms. The Kier molecular flexibility index (Phi) is 11.4. The minimum absolute atomic E-state index is 0.0406. The fourth-order valence-corrected chi connectivity index (χ4v) is 5.70. The molecule has 11 nitrogen and oxygen atoms in total. The standard InChI is InChI=1S/C26H31N3O8S2/c1-34-13-11-29(12-14-35-2)39(32,33)21-8-6-7-19(15-21)26(31)37-17-20-18-38-25(27-20)16-24(30)28-22-9-4-5-10-23(22)36-3/h4-10,15,18H,11-14,16-17H2,1-3H3,(H,28,30). The molecule has 0 spiro atoms. The predicted octanol–water partition coefficient (Wildman–Crippen LogP) is 2.97. The van der Waals surface area contributed by atoms with Gasteiger partial charge >= 0.3 is 5.97 Å². The summed E-state index contributed by atoms with van der Waals surface area (Å²) in [5.74, 6) is -0.413. The molecule has 0 atom stereocenters. The number of nitrogens with one attached hydrogen (secondary N) is 1. The second-order valence-electron chi connectivity index (χ2n) is 8.15. The lowest BCUT2D eigenvalue weighted by Gasteiger charge is -2.21. The Hall–Kier alpha value is -3.36. The van der Waals surface area contributed by atoms with E-state index in [0.717, 1.165) is 0 Å². The van der Waals surface area contributed by atoms with Crippen molar-refractivity contribution in [3.8, 4) is 5.75 Å². The van der Waals surface area contributed by atoms with Gasteiger partial charge in [-0.3, -0.25) is 4.79 Å². The monoisotopic (exact) mass is 577 g/mol. The van der Waals surface area contributed by atoms with Crippen molar-refractivity contribution < 1.29 is 37.0 Å². The molecule has 3 aromatic rings. The number of amides is 1. The van der Waals surface area contributed by atoms with Crippen molar-refractivity contribution in [2.45, 2.75) is 17.9 Å².